The van der Waals surface area contributed by atoms with Crippen molar-refractivity contribution in [1.29, 1.82) is 0 Å². The average molecular weight is 334 g/mol. The van der Waals surface area contributed by atoms with E-state index in [0.29, 0.717) is 17.9 Å². The number of pyridine rings is 2. The predicted octanol–water partition coefficient (Wildman–Crippen LogP) is 1.93. The van der Waals surface area contributed by atoms with Gasteiger partial charge in [0.25, 0.3) is 5.91 Å². The quantitative estimate of drug-likeness (QED) is 0.767. The van der Waals surface area contributed by atoms with Crippen LogP contribution in [0.5, 0.6) is 0 Å². The maximum atomic E-state index is 12.2. The normalized spacial score (nSPS) is 10.3. The molecule has 3 aromatic rings. The van der Waals surface area contributed by atoms with Gasteiger partial charge >= 0.3 is 0 Å². The molecule has 0 aliphatic heterocycles. The van der Waals surface area contributed by atoms with Crippen LogP contribution in [0, 0.1) is 0 Å². The highest BCUT2D eigenvalue weighted by atomic mass is 16.1. The van der Waals surface area contributed by atoms with Crippen molar-refractivity contribution in [1.82, 2.24) is 25.3 Å². The Morgan fingerprint density at radius 1 is 1.08 bits per heavy atom. The standard InChI is InChI=1S/C18H18N6O/c1-24(2)16-10-15(12-21-18(25)14-4-3-7-20-11-14)22-17(23-16)13-5-8-19-9-6-13/h3-11H,12H2,1-2H3,(H,21,25). The summed E-state index contributed by atoms with van der Waals surface area (Å²) in [5.41, 5.74) is 2.11. The van der Waals surface area contributed by atoms with Crippen LogP contribution in [0.25, 0.3) is 11.4 Å². The molecule has 0 radical (unpaired) electrons. The maximum Gasteiger partial charge on any atom is 0.253 e. The minimum atomic E-state index is -0.191. The van der Waals surface area contributed by atoms with Gasteiger partial charge in [0.1, 0.15) is 5.82 Å². The summed E-state index contributed by atoms with van der Waals surface area (Å²) < 4.78 is 0. The largest absolute Gasteiger partial charge is 0.363 e. The lowest BCUT2D eigenvalue weighted by Gasteiger charge is -2.14. The van der Waals surface area contributed by atoms with Crippen molar-refractivity contribution < 1.29 is 4.79 Å². The van der Waals surface area contributed by atoms with Crippen molar-refractivity contribution >= 4 is 11.7 Å². The van der Waals surface area contributed by atoms with Crippen molar-refractivity contribution in [3.63, 3.8) is 0 Å². The van der Waals surface area contributed by atoms with Crippen LogP contribution in [0.1, 0.15) is 16.1 Å². The summed E-state index contributed by atoms with van der Waals surface area (Å²) in [6.45, 7) is 0.301. The highest BCUT2D eigenvalue weighted by Crippen LogP contribution is 2.18. The van der Waals surface area contributed by atoms with Crippen LogP contribution >= 0.6 is 0 Å². The molecule has 0 aliphatic carbocycles. The van der Waals surface area contributed by atoms with Crippen LogP contribution in [0.2, 0.25) is 0 Å². The van der Waals surface area contributed by atoms with E-state index in [4.69, 9.17) is 0 Å². The molecule has 0 spiro atoms. The summed E-state index contributed by atoms with van der Waals surface area (Å²) in [7, 11) is 3.83. The highest BCUT2D eigenvalue weighted by molar-refractivity contribution is 5.93. The Morgan fingerprint density at radius 3 is 2.56 bits per heavy atom. The van der Waals surface area contributed by atoms with Crippen molar-refractivity contribution in [2.75, 3.05) is 19.0 Å². The van der Waals surface area contributed by atoms with E-state index in [2.05, 4.69) is 25.3 Å². The van der Waals surface area contributed by atoms with Gasteiger partial charge in [-0.15, -0.1) is 0 Å². The minimum Gasteiger partial charge on any atom is -0.363 e. The topological polar surface area (TPSA) is 83.9 Å². The number of rotatable bonds is 5. The number of nitrogens with one attached hydrogen (secondary N) is 1. The number of hydrogen-bond donors (Lipinski definition) is 1. The van der Waals surface area contributed by atoms with E-state index in [1.165, 1.54) is 6.20 Å². The third-order valence-electron chi connectivity index (χ3n) is 3.52. The predicted molar refractivity (Wildman–Crippen MR) is 95.0 cm³/mol. The smallest absolute Gasteiger partial charge is 0.253 e. The number of carbonyl (C=O) groups excluding carboxylic acids is 1. The zero-order valence-electron chi connectivity index (χ0n) is 14.0. The van der Waals surface area contributed by atoms with Crippen LogP contribution in [0.3, 0.4) is 0 Å². The molecule has 3 aromatic heterocycles. The summed E-state index contributed by atoms with van der Waals surface area (Å²) in [5, 5.41) is 2.86. The molecule has 1 N–H and O–H groups in total. The Bertz CT molecular complexity index is 852. The van der Waals surface area contributed by atoms with Gasteiger partial charge in [-0.25, -0.2) is 9.97 Å². The zero-order chi connectivity index (χ0) is 17.6. The lowest BCUT2D eigenvalue weighted by Crippen LogP contribution is -2.24. The molecule has 7 heteroatoms. The van der Waals surface area contributed by atoms with Gasteiger partial charge in [0.2, 0.25) is 0 Å². The molecule has 0 aromatic carbocycles. The number of hydrogen-bond acceptors (Lipinski definition) is 6. The molecule has 3 rings (SSSR count). The first kappa shape index (κ1) is 16.5. The first-order valence-corrected chi connectivity index (χ1v) is 7.77. The molecule has 126 valence electrons. The van der Waals surface area contributed by atoms with E-state index >= 15 is 0 Å². The Kier molecular flexibility index (Phi) is 4.94. The molecule has 1 amide bonds. The highest BCUT2D eigenvalue weighted by Gasteiger charge is 2.10. The van der Waals surface area contributed by atoms with Gasteiger partial charge in [-0.3, -0.25) is 14.8 Å². The number of nitrogens with zero attached hydrogens (tertiary/aromatic N) is 5. The third kappa shape index (κ3) is 4.14. The van der Waals surface area contributed by atoms with Gasteiger partial charge in [0, 0.05) is 50.5 Å². The van der Waals surface area contributed by atoms with E-state index in [1.54, 1.807) is 30.7 Å². The van der Waals surface area contributed by atoms with Crippen molar-refractivity contribution in [2.24, 2.45) is 0 Å². The average Bonchev–Trinajstić information content (AvgIpc) is 2.67. The Labute approximate surface area is 145 Å². The van der Waals surface area contributed by atoms with Crippen LogP contribution in [-0.2, 0) is 6.54 Å². The lowest BCUT2D eigenvalue weighted by molar-refractivity contribution is 0.0950. The minimum absolute atomic E-state index is 0.191. The molecule has 0 saturated carbocycles. The van der Waals surface area contributed by atoms with Gasteiger partial charge in [-0.2, -0.15) is 0 Å². The molecule has 0 aliphatic rings. The fraction of sp³-hybridized carbons (Fsp3) is 0.167. The number of aromatic nitrogens is 4. The summed E-state index contributed by atoms with van der Waals surface area (Å²) in [5.74, 6) is 1.18. The monoisotopic (exact) mass is 334 g/mol. The lowest BCUT2D eigenvalue weighted by atomic mass is 10.2. The molecule has 0 bridgehead atoms. The number of carbonyl (C=O) groups is 1. The molecule has 0 fully saturated rings. The van der Waals surface area contributed by atoms with Crippen molar-refractivity contribution in [2.45, 2.75) is 6.54 Å². The Balaban J connectivity index is 1.83. The molecular formula is C18H18N6O. The van der Waals surface area contributed by atoms with E-state index < -0.39 is 0 Å². The summed E-state index contributed by atoms with van der Waals surface area (Å²) >= 11 is 0. The van der Waals surface area contributed by atoms with Gasteiger partial charge in [0.15, 0.2) is 5.82 Å². The van der Waals surface area contributed by atoms with E-state index in [0.717, 1.165) is 17.1 Å². The van der Waals surface area contributed by atoms with Gasteiger partial charge in [0.05, 0.1) is 17.8 Å². The van der Waals surface area contributed by atoms with Crippen molar-refractivity contribution in [3.05, 3.63) is 66.4 Å². The van der Waals surface area contributed by atoms with Gasteiger partial charge in [-0.05, 0) is 24.3 Å². The molecule has 7 nitrogen and oxygen atoms in total. The molecule has 0 saturated heterocycles. The molecule has 3 heterocycles. The second kappa shape index (κ2) is 7.48. The molecular weight excluding hydrogens is 316 g/mol. The molecule has 0 unspecified atom stereocenters. The number of anilines is 1. The van der Waals surface area contributed by atoms with Crippen LogP contribution in [0.4, 0.5) is 5.82 Å². The summed E-state index contributed by atoms with van der Waals surface area (Å²) in [6.07, 6.45) is 6.56. The third-order valence-corrected chi connectivity index (χ3v) is 3.52. The summed E-state index contributed by atoms with van der Waals surface area (Å²) in [4.78, 5) is 31.2. The summed E-state index contributed by atoms with van der Waals surface area (Å²) in [6, 6.07) is 9.01. The fourth-order valence-corrected chi connectivity index (χ4v) is 2.20. The van der Waals surface area contributed by atoms with Crippen LogP contribution < -0.4 is 10.2 Å². The Hall–Kier alpha value is -3.35. The van der Waals surface area contributed by atoms with E-state index in [9.17, 15) is 4.79 Å². The van der Waals surface area contributed by atoms with Crippen LogP contribution in [0.15, 0.2) is 55.1 Å². The fourth-order valence-electron chi connectivity index (χ4n) is 2.20. The molecule has 25 heavy (non-hydrogen) atoms. The zero-order valence-corrected chi connectivity index (χ0v) is 14.0. The van der Waals surface area contributed by atoms with E-state index in [1.807, 2.05) is 37.2 Å². The second-order valence-corrected chi connectivity index (χ2v) is 5.60. The first-order valence-electron chi connectivity index (χ1n) is 7.77. The van der Waals surface area contributed by atoms with Crippen LogP contribution in [-0.4, -0.2) is 39.9 Å². The maximum absolute atomic E-state index is 12.2. The SMILES string of the molecule is CN(C)c1cc(CNC(=O)c2cccnc2)nc(-c2ccncc2)n1. The first-order chi connectivity index (χ1) is 12.1. The Morgan fingerprint density at radius 2 is 1.88 bits per heavy atom. The number of amides is 1. The van der Waals surface area contributed by atoms with E-state index in [-0.39, 0.29) is 5.91 Å². The van der Waals surface area contributed by atoms with Gasteiger partial charge < -0.3 is 10.2 Å². The second-order valence-electron chi connectivity index (χ2n) is 5.60. The molecule has 0 atom stereocenters. The van der Waals surface area contributed by atoms with Crippen molar-refractivity contribution in [3.8, 4) is 11.4 Å². The van der Waals surface area contributed by atoms with Gasteiger partial charge in [-0.1, -0.05) is 0 Å².